The Morgan fingerprint density at radius 3 is 2.86 bits per heavy atom. The molecule has 0 radical (unpaired) electrons. The molecule has 1 N–H and O–H groups in total. The van der Waals surface area contributed by atoms with Crippen LogP contribution in [-0.2, 0) is 17.9 Å². The zero-order valence-electron chi connectivity index (χ0n) is 14.9. The van der Waals surface area contributed by atoms with Gasteiger partial charge in [-0.25, -0.2) is 9.37 Å². The Morgan fingerprint density at radius 2 is 2.07 bits per heavy atom. The number of nitrogens with zero attached hydrogens (tertiary/aromatic N) is 4. The van der Waals surface area contributed by atoms with E-state index in [9.17, 15) is 14.0 Å². The molecule has 0 bridgehead atoms. The first kappa shape index (κ1) is 18.1. The lowest BCUT2D eigenvalue weighted by atomic mass is 10.2. The van der Waals surface area contributed by atoms with Crippen molar-refractivity contribution < 1.29 is 9.18 Å². The number of carbonyl (C=O) groups excluding carboxylic acids is 1. The molecule has 0 aliphatic heterocycles. The van der Waals surface area contributed by atoms with Crippen LogP contribution in [0.5, 0.6) is 0 Å². The molecule has 0 aliphatic rings. The molecule has 3 aromatic heterocycles. The second-order valence-corrected chi connectivity index (χ2v) is 7.59. The van der Waals surface area contributed by atoms with E-state index in [-0.39, 0.29) is 23.8 Å². The van der Waals surface area contributed by atoms with Crippen molar-refractivity contribution in [2.45, 2.75) is 20.0 Å². The molecule has 0 fully saturated rings. The van der Waals surface area contributed by atoms with Gasteiger partial charge in [-0.05, 0) is 30.7 Å². The molecule has 0 saturated carbocycles. The summed E-state index contributed by atoms with van der Waals surface area (Å²) in [6.45, 7) is 2.22. The molecule has 0 saturated heterocycles. The summed E-state index contributed by atoms with van der Waals surface area (Å²) in [5, 5.41) is 7.42. The zero-order valence-corrected chi connectivity index (χ0v) is 15.7. The Balaban J connectivity index is 1.43. The number of aryl methyl sites for hydroxylation is 1. The first-order chi connectivity index (χ1) is 13.5. The Kier molecular flexibility index (Phi) is 4.74. The van der Waals surface area contributed by atoms with E-state index in [0.29, 0.717) is 22.4 Å². The van der Waals surface area contributed by atoms with Gasteiger partial charge in [0, 0.05) is 11.1 Å². The molecule has 0 atom stereocenters. The average Bonchev–Trinajstić information content (AvgIpc) is 3.25. The quantitative estimate of drug-likeness (QED) is 0.561. The van der Waals surface area contributed by atoms with Crippen LogP contribution in [0.4, 0.5) is 10.1 Å². The molecule has 28 heavy (non-hydrogen) atoms. The summed E-state index contributed by atoms with van der Waals surface area (Å²) in [7, 11) is 0. The number of benzene rings is 1. The standard InChI is InChI=1S/C19H16FN5O2S/c1-12-6-16-18(28-12)21-11-24(19(16)27)10-17(26)23-15-7-22-25(9-15)8-13-2-4-14(20)5-3-13/h2-7,9,11H,8,10H2,1H3,(H,23,26). The van der Waals surface area contributed by atoms with Gasteiger partial charge in [0.15, 0.2) is 0 Å². The van der Waals surface area contributed by atoms with Crippen molar-refractivity contribution in [1.82, 2.24) is 19.3 Å². The number of rotatable bonds is 5. The zero-order chi connectivity index (χ0) is 19.7. The van der Waals surface area contributed by atoms with Gasteiger partial charge in [0.1, 0.15) is 17.2 Å². The molecular weight excluding hydrogens is 381 g/mol. The summed E-state index contributed by atoms with van der Waals surface area (Å²) in [5.74, 6) is -0.644. The fraction of sp³-hybridized carbons (Fsp3) is 0.158. The lowest BCUT2D eigenvalue weighted by Crippen LogP contribution is -2.27. The summed E-state index contributed by atoms with van der Waals surface area (Å²) in [4.78, 5) is 30.7. The smallest absolute Gasteiger partial charge is 0.262 e. The Labute approximate surface area is 163 Å². The third-order valence-corrected chi connectivity index (χ3v) is 5.09. The highest BCUT2D eigenvalue weighted by Gasteiger charge is 2.11. The molecule has 3 heterocycles. The van der Waals surface area contributed by atoms with Gasteiger partial charge in [0.05, 0.1) is 30.1 Å². The lowest BCUT2D eigenvalue weighted by Gasteiger charge is -2.05. The number of hydrogen-bond acceptors (Lipinski definition) is 5. The van der Waals surface area contributed by atoms with E-state index in [4.69, 9.17) is 0 Å². The van der Waals surface area contributed by atoms with E-state index in [0.717, 1.165) is 10.4 Å². The highest BCUT2D eigenvalue weighted by molar-refractivity contribution is 7.18. The minimum absolute atomic E-state index is 0.139. The van der Waals surface area contributed by atoms with Gasteiger partial charge < -0.3 is 5.32 Å². The van der Waals surface area contributed by atoms with Gasteiger partial charge >= 0.3 is 0 Å². The van der Waals surface area contributed by atoms with Crippen LogP contribution in [0.25, 0.3) is 10.2 Å². The Morgan fingerprint density at radius 1 is 1.29 bits per heavy atom. The van der Waals surface area contributed by atoms with Gasteiger partial charge in [0.2, 0.25) is 5.91 Å². The van der Waals surface area contributed by atoms with Crippen molar-refractivity contribution in [2.75, 3.05) is 5.32 Å². The minimum atomic E-state index is -0.350. The first-order valence-electron chi connectivity index (χ1n) is 8.50. The predicted molar refractivity (Wildman–Crippen MR) is 105 cm³/mol. The SMILES string of the molecule is Cc1cc2c(=O)n(CC(=O)Nc3cnn(Cc4ccc(F)cc4)c3)cnc2s1. The van der Waals surface area contributed by atoms with Crippen LogP contribution < -0.4 is 10.9 Å². The maximum absolute atomic E-state index is 13.0. The fourth-order valence-corrected chi connectivity index (χ4v) is 3.68. The summed E-state index contributed by atoms with van der Waals surface area (Å²) < 4.78 is 15.9. The Bertz CT molecular complexity index is 1210. The van der Waals surface area contributed by atoms with Crippen LogP contribution in [0.15, 0.2) is 53.8 Å². The van der Waals surface area contributed by atoms with Crippen LogP contribution in [0.1, 0.15) is 10.4 Å². The normalized spacial score (nSPS) is 11.1. The topological polar surface area (TPSA) is 81.8 Å². The largest absolute Gasteiger partial charge is 0.322 e. The second kappa shape index (κ2) is 7.35. The number of amides is 1. The van der Waals surface area contributed by atoms with E-state index in [1.807, 2.05) is 6.92 Å². The number of hydrogen-bond donors (Lipinski definition) is 1. The third-order valence-electron chi connectivity index (χ3n) is 4.13. The van der Waals surface area contributed by atoms with Crippen LogP contribution >= 0.6 is 11.3 Å². The van der Waals surface area contributed by atoms with Crippen LogP contribution in [0, 0.1) is 12.7 Å². The highest BCUT2D eigenvalue weighted by Crippen LogP contribution is 2.19. The van der Waals surface area contributed by atoms with Crippen molar-refractivity contribution in [3.05, 3.63) is 75.7 Å². The number of halogens is 1. The Hall–Kier alpha value is -3.33. The van der Waals surface area contributed by atoms with E-state index in [2.05, 4.69) is 15.4 Å². The van der Waals surface area contributed by atoms with E-state index >= 15 is 0 Å². The highest BCUT2D eigenvalue weighted by atomic mass is 32.1. The summed E-state index contributed by atoms with van der Waals surface area (Å²) >= 11 is 1.44. The monoisotopic (exact) mass is 397 g/mol. The second-order valence-electron chi connectivity index (χ2n) is 6.35. The number of fused-ring (bicyclic) bond motifs is 1. The van der Waals surface area contributed by atoms with Gasteiger partial charge in [-0.3, -0.25) is 18.8 Å². The molecule has 4 rings (SSSR count). The molecule has 9 heteroatoms. The van der Waals surface area contributed by atoms with Crippen LogP contribution in [0.2, 0.25) is 0 Å². The molecule has 0 unspecified atom stereocenters. The van der Waals surface area contributed by atoms with Crippen LogP contribution in [-0.4, -0.2) is 25.2 Å². The molecule has 4 aromatic rings. The van der Waals surface area contributed by atoms with Crippen molar-refractivity contribution in [3.63, 3.8) is 0 Å². The third kappa shape index (κ3) is 3.84. The van der Waals surface area contributed by atoms with Gasteiger partial charge in [-0.2, -0.15) is 5.10 Å². The number of nitrogens with one attached hydrogen (secondary N) is 1. The molecule has 1 amide bonds. The summed E-state index contributed by atoms with van der Waals surface area (Å²) in [5.41, 5.74) is 1.16. The van der Waals surface area contributed by atoms with Crippen molar-refractivity contribution in [1.29, 1.82) is 0 Å². The first-order valence-corrected chi connectivity index (χ1v) is 9.32. The maximum Gasteiger partial charge on any atom is 0.262 e. The molecule has 0 spiro atoms. The molecule has 0 aliphatic carbocycles. The number of thiophene rings is 1. The number of aromatic nitrogens is 4. The summed E-state index contributed by atoms with van der Waals surface area (Å²) in [6.07, 6.45) is 4.58. The van der Waals surface area contributed by atoms with E-state index in [1.165, 1.54) is 40.6 Å². The van der Waals surface area contributed by atoms with Gasteiger partial charge in [-0.1, -0.05) is 12.1 Å². The average molecular weight is 397 g/mol. The molecule has 1 aromatic carbocycles. The minimum Gasteiger partial charge on any atom is -0.322 e. The van der Waals surface area contributed by atoms with Gasteiger partial charge in [0.25, 0.3) is 5.56 Å². The van der Waals surface area contributed by atoms with Crippen LogP contribution in [0.3, 0.4) is 0 Å². The van der Waals surface area contributed by atoms with Crippen molar-refractivity contribution in [2.24, 2.45) is 0 Å². The van der Waals surface area contributed by atoms with E-state index < -0.39 is 0 Å². The number of carbonyl (C=O) groups is 1. The lowest BCUT2D eigenvalue weighted by molar-refractivity contribution is -0.116. The van der Waals surface area contributed by atoms with Gasteiger partial charge in [-0.15, -0.1) is 11.3 Å². The predicted octanol–water partition coefficient (Wildman–Crippen LogP) is 2.79. The number of anilines is 1. The molecule has 142 valence electrons. The van der Waals surface area contributed by atoms with Crippen molar-refractivity contribution in [3.8, 4) is 0 Å². The fourth-order valence-electron chi connectivity index (χ4n) is 2.84. The molecule has 7 nitrogen and oxygen atoms in total. The van der Waals surface area contributed by atoms with E-state index in [1.54, 1.807) is 29.1 Å². The summed E-state index contributed by atoms with van der Waals surface area (Å²) in [6, 6.07) is 7.91. The van der Waals surface area contributed by atoms with Crippen molar-refractivity contribution >= 4 is 33.1 Å². The maximum atomic E-state index is 13.0. The molecular formula is C19H16FN5O2S.